The van der Waals surface area contributed by atoms with Gasteiger partial charge >= 0.3 is 12.4 Å². The molecule has 0 aromatic heterocycles. The van der Waals surface area contributed by atoms with E-state index in [1.165, 1.54) is 13.8 Å². The van der Waals surface area contributed by atoms with Gasteiger partial charge in [-0.05, 0) is 13.8 Å². The van der Waals surface area contributed by atoms with Crippen LogP contribution in [-0.4, -0.2) is 43.7 Å². The van der Waals surface area contributed by atoms with Crippen molar-refractivity contribution in [2.75, 3.05) is 13.2 Å². The van der Waals surface area contributed by atoms with E-state index in [9.17, 15) is 31.1 Å². The molecule has 0 spiro atoms. The summed E-state index contributed by atoms with van der Waals surface area (Å²) in [5.41, 5.74) is -1.57. The number of hydrogen-bond donors (Lipinski definition) is 0. The first kappa shape index (κ1) is 18.8. The maximum atomic E-state index is 13.0. The molecule has 1 aliphatic rings. The lowest BCUT2D eigenvalue weighted by atomic mass is 9.97. The molecule has 0 fully saturated rings. The fraction of sp³-hybridized carbons (Fsp3) is 0.750. The second-order valence-corrected chi connectivity index (χ2v) is 4.25. The Morgan fingerprint density at radius 3 is 2.09 bits per heavy atom. The highest BCUT2D eigenvalue weighted by Crippen LogP contribution is 2.40. The topological polar surface area (TPSA) is 44.8 Å². The van der Waals surface area contributed by atoms with Gasteiger partial charge in [0, 0.05) is 19.6 Å². The zero-order valence-electron chi connectivity index (χ0n) is 11.7. The highest BCUT2D eigenvalue weighted by atomic mass is 19.4. The lowest BCUT2D eigenvalue weighted by Gasteiger charge is -2.33. The van der Waals surface area contributed by atoms with E-state index in [0.29, 0.717) is 0 Å². The van der Waals surface area contributed by atoms with Gasteiger partial charge in [0.25, 0.3) is 5.78 Å². The maximum Gasteiger partial charge on any atom is 0.454 e. The number of hydrogen-bond acceptors (Lipinski definition) is 4. The Bertz CT molecular complexity index is 440. The van der Waals surface area contributed by atoms with Crippen molar-refractivity contribution in [3.05, 3.63) is 11.3 Å². The first-order valence-electron chi connectivity index (χ1n) is 6.35. The number of alkyl halides is 6. The summed E-state index contributed by atoms with van der Waals surface area (Å²) in [5.74, 6) is -4.65. The first-order valence-corrected chi connectivity index (χ1v) is 6.35. The van der Waals surface area contributed by atoms with E-state index < -0.39 is 48.3 Å². The second kappa shape index (κ2) is 6.86. The standard InChI is InChI=1S/C12H14F6O4/c1-3-20-6-5-7(21-4-2)22-10(12(16,17)18)8(6)9(19)11(13,14)15/h6-7H,3-5H2,1-2H3/t6-,7-/m0/s1. The van der Waals surface area contributed by atoms with Gasteiger partial charge in [-0.15, -0.1) is 0 Å². The normalized spacial score (nSPS) is 23.5. The first-order chi connectivity index (χ1) is 10.0. The predicted octanol–water partition coefficient (Wildman–Crippen LogP) is 3.12. The SMILES string of the molecule is CCO[C@@H]1C[C@H](OCC)C(C(=O)C(F)(F)F)=C(C(F)(F)F)O1. The number of ether oxygens (including phenoxy) is 3. The number of halogens is 6. The Morgan fingerprint density at radius 2 is 1.68 bits per heavy atom. The van der Waals surface area contributed by atoms with E-state index in [1.54, 1.807) is 0 Å². The van der Waals surface area contributed by atoms with Crippen LogP contribution in [0.2, 0.25) is 0 Å². The molecule has 22 heavy (non-hydrogen) atoms. The van der Waals surface area contributed by atoms with Crippen LogP contribution in [0.4, 0.5) is 26.3 Å². The highest BCUT2D eigenvalue weighted by Gasteiger charge is 2.53. The van der Waals surface area contributed by atoms with Gasteiger partial charge in [-0.25, -0.2) is 0 Å². The van der Waals surface area contributed by atoms with Crippen molar-refractivity contribution in [3.63, 3.8) is 0 Å². The van der Waals surface area contributed by atoms with E-state index in [1.807, 2.05) is 0 Å². The van der Waals surface area contributed by atoms with Crippen LogP contribution in [-0.2, 0) is 19.0 Å². The van der Waals surface area contributed by atoms with Crippen molar-refractivity contribution in [3.8, 4) is 0 Å². The third-order valence-electron chi connectivity index (χ3n) is 2.70. The molecule has 0 saturated heterocycles. The number of ketones is 1. The molecule has 0 saturated carbocycles. The summed E-state index contributed by atoms with van der Waals surface area (Å²) >= 11 is 0. The molecule has 1 rings (SSSR count). The van der Waals surface area contributed by atoms with Crippen molar-refractivity contribution >= 4 is 5.78 Å². The molecule has 1 heterocycles. The van der Waals surface area contributed by atoms with Crippen LogP contribution in [0.25, 0.3) is 0 Å². The Morgan fingerprint density at radius 1 is 1.14 bits per heavy atom. The lowest BCUT2D eigenvalue weighted by molar-refractivity contribution is -0.210. The molecule has 128 valence electrons. The van der Waals surface area contributed by atoms with Gasteiger partial charge in [0.2, 0.25) is 12.0 Å². The van der Waals surface area contributed by atoms with E-state index in [2.05, 4.69) is 4.74 Å². The molecule has 0 aliphatic carbocycles. The minimum Gasteiger partial charge on any atom is -0.459 e. The molecule has 0 radical (unpaired) electrons. The van der Waals surface area contributed by atoms with E-state index >= 15 is 0 Å². The Balaban J connectivity index is 3.36. The Kier molecular flexibility index (Phi) is 5.85. The molecule has 0 N–H and O–H groups in total. The van der Waals surface area contributed by atoms with Gasteiger partial charge in [0.05, 0.1) is 11.7 Å². The van der Waals surface area contributed by atoms with Crippen molar-refractivity contribution in [1.29, 1.82) is 0 Å². The maximum absolute atomic E-state index is 13.0. The molecule has 0 aromatic rings. The molecule has 1 aliphatic heterocycles. The average molecular weight is 336 g/mol. The highest BCUT2D eigenvalue weighted by molar-refractivity contribution is 6.01. The number of allylic oxidation sites excluding steroid dienone is 1. The number of carbonyl (C=O) groups is 1. The molecule has 0 aromatic carbocycles. The van der Waals surface area contributed by atoms with Gasteiger partial charge in [-0.1, -0.05) is 0 Å². The zero-order valence-corrected chi connectivity index (χ0v) is 11.7. The molecule has 10 heteroatoms. The Hall–Kier alpha value is -1.29. The summed E-state index contributed by atoms with van der Waals surface area (Å²) in [7, 11) is 0. The third-order valence-corrected chi connectivity index (χ3v) is 2.70. The Labute approximate surface area is 122 Å². The van der Waals surface area contributed by atoms with E-state index in [0.717, 1.165) is 0 Å². The van der Waals surface area contributed by atoms with Gasteiger partial charge in [-0.2, -0.15) is 26.3 Å². The number of Topliss-reactive ketones (excluding diaryl/α,β-unsaturated/α-hetero) is 1. The largest absolute Gasteiger partial charge is 0.459 e. The quantitative estimate of drug-likeness (QED) is 0.724. The number of rotatable bonds is 5. The number of carbonyl (C=O) groups excluding carboxylic acids is 1. The van der Waals surface area contributed by atoms with E-state index in [-0.39, 0.29) is 13.2 Å². The van der Waals surface area contributed by atoms with Crippen molar-refractivity contribution in [2.24, 2.45) is 0 Å². The van der Waals surface area contributed by atoms with Crippen LogP contribution in [0.3, 0.4) is 0 Å². The molecule has 0 unspecified atom stereocenters. The smallest absolute Gasteiger partial charge is 0.454 e. The summed E-state index contributed by atoms with van der Waals surface area (Å²) in [5, 5.41) is 0. The van der Waals surface area contributed by atoms with Gasteiger partial charge in [0.1, 0.15) is 0 Å². The molecular formula is C12H14F6O4. The van der Waals surface area contributed by atoms with Gasteiger partial charge < -0.3 is 14.2 Å². The van der Waals surface area contributed by atoms with Gasteiger partial charge in [-0.3, -0.25) is 4.79 Å². The molecular weight excluding hydrogens is 322 g/mol. The summed E-state index contributed by atoms with van der Waals surface area (Å²) in [6, 6.07) is 0. The van der Waals surface area contributed by atoms with Crippen molar-refractivity contribution in [2.45, 2.75) is 45.0 Å². The molecule has 0 amide bonds. The average Bonchev–Trinajstić information content (AvgIpc) is 2.36. The summed E-state index contributed by atoms with van der Waals surface area (Å²) in [6.07, 6.45) is -14.3. The minimum absolute atomic E-state index is 0.0167. The van der Waals surface area contributed by atoms with Crippen LogP contribution in [0.15, 0.2) is 11.3 Å². The fourth-order valence-corrected chi connectivity index (χ4v) is 1.94. The molecule has 2 atom stereocenters. The summed E-state index contributed by atoms with van der Waals surface area (Å²) in [4.78, 5) is 11.3. The fourth-order valence-electron chi connectivity index (χ4n) is 1.94. The van der Waals surface area contributed by atoms with Gasteiger partial charge in [0.15, 0.2) is 0 Å². The molecule has 0 bridgehead atoms. The third kappa shape index (κ3) is 4.35. The monoisotopic (exact) mass is 336 g/mol. The second-order valence-electron chi connectivity index (χ2n) is 4.25. The van der Waals surface area contributed by atoms with Crippen molar-refractivity contribution < 1.29 is 45.3 Å². The van der Waals surface area contributed by atoms with Crippen LogP contribution in [0, 0.1) is 0 Å². The van der Waals surface area contributed by atoms with Crippen LogP contribution >= 0.6 is 0 Å². The van der Waals surface area contributed by atoms with E-state index in [4.69, 9.17) is 9.47 Å². The summed E-state index contributed by atoms with van der Waals surface area (Å²) in [6.45, 7) is 2.67. The van der Waals surface area contributed by atoms with Crippen molar-refractivity contribution in [1.82, 2.24) is 0 Å². The van der Waals surface area contributed by atoms with Crippen LogP contribution in [0.1, 0.15) is 20.3 Å². The van der Waals surface area contributed by atoms with Crippen LogP contribution in [0.5, 0.6) is 0 Å². The molecule has 4 nitrogen and oxygen atoms in total. The lowest BCUT2D eigenvalue weighted by Crippen LogP contribution is -2.42. The summed E-state index contributed by atoms with van der Waals surface area (Å²) < 4.78 is 90.7. The predicted molar refractivity (Wildman–Crippen MR) is 60.7 cm³/mol. The zero-order chi connectivity index (χ0) is 17.1. The van der Waals surface area contributed by atoms with Crippen LogP contribution < -0.4 is 0 Å². The minimum atomic E-state index is -5.47.